The van der Waals surface area contributed by atoms with Crippen molar-refractivity contribution in [2.24, 2.45) is 0 Å². The molecule has 1 aromatic carbocycles. The minimum absolute atomic E-state index is 0.0463. The van der Waals surface area contributed by atoms with Crippen molar-refractivity contribution in [3.8, 4) is 5.75 Å². The Hall–Kier alpha value is -2.28. The van der Waals surface area contributed by atoms with E-state index in [1.54, 1.807) is 11.8 Å². The zero-order valence-electron chi connectivity index (χ0n) is 10.3. The fourth-order valence-corrected chi connectivity index (χ4v) is 2.86. The maximum absolute atomic E-state index is 10.9. The molecular weight excluding hydrogens is 278 g/mol. The van der Waals surface area contributed by atoms with Gasteiger partial charge in [0.1, 0.15) is 17.1 Å². The third-order valence-corrected chi connectivity index (χ3v) is 3.98. The van der Waals surface area contributed by atoms with Gasteiger partial charge in [-0.15, -0.1) is 11.8 Å². The van der Waals surface area contributed by atoms with Crippen LogP contribution in [0.3, 0.4) is 0 Å². The van der Waals surface area contributed by atoms with Gasteiger partial charge in [-0.2, -0.15) is 0 Å². The van der Waals surface area contributed by atoms with Crippen molar-refractivity contribution in [1.29, 1.82) is 0 Å². The zero-order chi connectivity index (χ0) is 14.1. The van der Waals surface area contributed by atoms with Crippen LogP contribution in [0.4, 0.5) is 5.82 Å². The van der Waals surface area contributed by atoms with Gasteiger partial charge in [-0.1, -0.05) is 12.1 Å². The van der Waals surface area contributed by atoms with Crippen LogP contribution in [0.15, 0.2) is 35.4 Å². The van der Waals surface area contributed by atoms with E-state index in [0.29, 0.717) is 11.6 Å². The summed E-state index contributed by atoms with van der Waals surface area (Å²) in [4.78, 5) is 20.0. The van der Waals surface area contributed by atoms with Gasteiger partial charge in [0.2, 0.25) is 0 Å². The minimum Gasteiger partial charge on any atom is -0.480 e. The van der Waals surface area contributed by atoms with Gasteiger partial charge in [-0.3, -0.25) is 0 Å². The van der Waals surface area contributed by atoms with Crippen LogP contribution in [0.25, 0.3) is 0 Å². The number of hydrogen-bond acceptors (Lipinski definition) is 6. The van der Waals surface area contributed by atoms with Gasteiger partial charge in [0, 0.05) is 16.8 Å². The number of nitrogen functional groups attached to an aromatic ring is 1. The van der Waals surface area contributed by atoms with Crippen LogP contribution >= 0.6 is 11.8 Å². The van der Waals surface area contributed by atoms with Crippen molar-refractivity contribution in [1.82, 2.24) is 9.97 Å². The predicted molar refractivity (Wildman–Crippen MR) is 73.9 cm³/mol. The predicted octanol–water partition coefficient (Wildman–Crippen LogP) is 1.98. The number of rotatable bonds is 2. The van der Waals surface area contributed by atoms with Crippen molar-refractivity contribution in [2.45, 2.75) is 11.0 Å². The van der Waals surface area contributed by atoms with Crippen LogP contribution in [0.1, 0.15) is 22.3 Å². The Labute approximate surface area is 119 Å². The molecule has 0 saturated heterocycles. The Morgan fingerprint density at radius 3 is 3.00 bits per heavy atom. The summed E-state index contributed by atoms with van der Waals surface area (Å²) in [7, 11) is 0. The van der Waals surface area contributed by atoms with Gasteiger partial charge in [-0.05, 0) is 12.1 Å². The summed E-state index contributed by atoms with van der Waals surface area (Å²) in [5.41, 5.74) is 5.53. The molecule has 2 heterocycles. The number of aromatic nitrogens is 2. The van der Waals surface area contributed by atoms with E-state index in [0.717, 1.165) is 10.6 Å². The summed E-state index contributed by atoms with van der Waals surface area (Å²) in [6, 6.07) is 7.71. The average Bonchev–Trinajstić information content (AvgIpc) is 2.46. The van der Waals surface area contributed by atoms with Gasteiger partial charge in [0.05, 0.1) is 0 Å². The van der Waals surface area contributed by atoms with Crippen molar-refractivity contribution in [2.75, 3.05) is 11.5 Å². The van der Waals surface area contributed by atoms with E-state index >= 15 is 0 Å². The molecule has 0 bridgehead atoms. The van der Waals surface area contributed by atoms with Crippen LogP contribution < -0.4 is 10.5 Å². The summed E-state index contributed by atoms with van der Waals surface area (Å²) in [5.74, 6) is 0.643. The second kappa shape index (κ2) is 5.01. The van der Waals surface area contributed by atoms with Crippen LogP contribution in [-0.4, -0.2) is 26.8 Å². The first kappa shape index (κ1) is 12.7. The maximum atomic E-state index is 10.9. The van der Waals surface area contributed by atoms with E-state index in [1.807, 2.05) is 24.3 Å². The number of carboxylic acids is 1. The second-order valence-electron chi connectivity index (χ2n) is 4.20. The number of anilines is 1. The Morgan fingerprint density at radius 2 is 2.25 bits per heavy atom. The number of nitrogens with two attached hydrogens (primary N) is 1. The Kier molecular flexibility index (Phi) is 3.19. The summed E-state index contributed by atoms with van der Waals surface area (Å²) in [6.45, 7) is 0. The van der Waals surface area contributed by atoms with E-state index in [4.69, 9.17) is 15.6 Å². The molecule has 0 fully saturated rings. The van der Waals surface area contributed by atoms with E-state index in [-0.39, 0.29) is 17.5 Å². The van der Waals surface area contributed by atoms with Gasteiger partial charge >= 0.3 is 5.97 Å². The number of carboxylic acid groups (broad SMARTS) is 1. The molecule has 0 aliphatic carbocycles. The Morgan fingerprint density at radius 1 is 1.45 bits per heavy atom. The van der Waals surface area contributed by atoms with Crippen LogP contribution in [-0.2, 0) is 0 Å². The Balaban J connectivity index is 1.88. The van der Waals surface area contributed by atoms with Crippen LogP contribution in [0, 0.1) is 0 Å². The third-order valence-electron chi connectivity index (χ3n) is 2.86. The molecule has 0 radical (unpaired) electrons. The van der Waals surface area contributed by atoms with E-state index in [2.05, 4.69) is 9.97 Å². The lowest BCUT2D eigenvalue weighted by molar-refractivity contribution is 0.0697. The molecule has 3 N–H and O–H groups in total. The van der Waals surface area contributed by atoms with E-state index < -0.39 is 5.97 Å². The van der Waals surface area contributed by atoms with E-state index in [1.165, 1.54) is 6.20 Å². The van der Waals surface area contributed by atoms with Crippen LogP contribution in [0.5, 0.6) is 5.75 Å². The van der Waals surface area contributed by atoms with Crippen molar-refractivity contribution in [3.63, 3.8) is 0 Å². The summed E-state index contributed by atoms with van der Waals surface area (Å²) < 4.78 is 5.82. The summed E-state index contributed by atoms with van der Waals surface area (Å²) >= 11 is 1.65. The number of carbonyl (C=O) groups is 1. The number of ether oxygens (including phenoxy) is 1. The molecule has 20 heavy (non-hydrogen) atoms. The SMILES string of the molecule is Nc1nc(C2CSc3ccccc3O2)ncc1C(=O)O. The number of benzene rings is 1. The van der Waals surface area contributed by atoms with Crippen molar-refractivity contribution < 1.29 is 14.6 Å². The van der Waals surface area contributed by atoms with Crippen molar-refractivity contribution >= 4 is 23.5 Å². The third kappa shape index (κ3) is 2.27. The molecular formula is C13H11N3O3S. The minimum atomic E-state index is -1.14. The fraction of sp³-hybridized carbons (Fsp3) is 0.154. The number of aromatic carboxylic acids is 1. The average molecular weight is 289 g/mol. The molecule has 1 aliphatic rings. The molecule has 0 saturated carbocycles. The topological polar surface area (TPSA) is 98.3 Å². The first-order valence-corrected chi connectivity index (χ1v) is 6.88. The summed E-state index contributed by atoms with van der Waals surface area (Å²) in [6.07, 6.45) is 0.884. The molecule has 1 aromatic heterocycles. The lowest BCUT2D eigenvalue weighted by Gasteiger charge is -2.24. The monoisotopic (exact) mass is 289 g/mol. The van der Waals surface area contributed by atoms with Gasteiger partial charge < -0.3 is 15.6 Å². The largest absolute Gasteiger partial charge is 0.480 e. The van der Waals surface area contributed by atoms with E-state index in [9.17, 15) is 4.79 Å². The molecule has 7 heteroatoms. The van der Waals surface area contributed by atoms with Gasteiger partial charge in [0.25, 0.3) is 0 Å². The first-order valence-electron chi connectivity index (χ1n) is 5.89. The molecule has 1 unspecified atom stereocenters. The highest BCUT2D eigenvalue weighted by Crippen LogP contribution is 2.39. The highest BCUT2D eigenvalue weighted by atomic mass is 32.2. The first-order chi connectivity index (χ1) is 9.65. The molecule has 1 atom stereocenters. The molecule has 2 aromatic rings. The lowest BCUT2D eigenvalue weighted by atomic mass is 10.3. The zero-order valence-corrected chi connectivity index (χ0v) is 11.1. The molecule has 3 rings (SSSR count). The van der Waals surface area contributed by atoms with Crippen molar-refractivity contribution in [3.05, 3.63) is 41.9 Å². The number of fused-ring (bicyclic) bond motifs is 1. The normalized spacial score (nSPS) is 17.1. The smallest absolute Gasteiger partial charge is 0.341 e. The highest BCUT2D eigenvalue weighted by molar-refractivity contribution is 7.99. The quantitative estimate of drug-likeness (QED) is 0.872. The standard InChI is InChI=1S/C13H11N3O3S/c14-11-7(13(17)18)5-15-12(16-11)9-6-20-10-4-2-1-3-8(10)19-9/h1-5,9H,6H2,(H,17,18)(H2,14,15,16). The number of para-hydroxylation sites is 1. The van der Waals surface area contributed by atoms with Crippen LogP contribution in [0.2, 0.25) is 0 Å². The molecule has 1 aliphatic heterocycles. The molecule has 102 valence electrons. The second-order valence-corrected chi connectivity index (χ2v) is 5.26. The Bertz CT molecular complexity index is 678. The fourth-order valence-electron chi connectivity index (χ4n) is 1.88. The molecule has 0 spiro atoms. The number of hydrogen-bond donors (Lipinski definition) is 2. The highest BCUT2D eigenvalue weighted by Gasteiger charge is 2.25. The molecule has 6 nitrogen and oxygen atoms in total. The lowest BCUT2D eigenvalue weighted by Crippen LogP contribution is -2.19. The van der Waals surface area contributed by atoms with Gasteiger partial charge in [0.15, 0.2) is 11.9 Å². The molecule has 0 amide bonds. The maximum Gasteiger partial charge on any atom is 0.341 e. The number of thioether (sulfide) groups is 1. The number of nitrogens with zero attached hydrogens (tertiary/aromatic N) is 2. The summed E-state index contributed by atoms with van der Waals surface area (Å²) in [5, 5.41) is 8.90. The van der Waals surface area contributed by atoms with Gasteiger partial charge in [-0.25, -0.2) is 14.8 Å².